The summed E-state index contributed by atoms with van der Waals surface area (Å²) in [5, 5.41) is 23.8. The van der Waals surface area contributed by atoms with Gasteiger partial charge in [0.1, 0.15) is 5.75 Å². The predicted octanol–water partition coefficient (Wildman–Crippen LogP) is 2.65. The molecule has 0 aliphatic heterocycles. The molecule has 0 amide bonds. The highest BCUT2D eigenvalue weighted by molar-refractivity contribution is 5.95. The van der Waals surface area contributed by atoms with Crippen molar-refractivity contribution < 1.29 is 15.0 Å². The van der Waals surface area contributed by atoms with E-state index in [4.69, 9.17) is 0 Å². The Labute approximate surface area is 166 Å². The quantitative estimate of drug-likeness (QED) is 0.539. The molecule has 7 nitrogen and oxygen atoms in total. The van der Waals surface area contributed by atoms with Crippen LogP contribution in [-0.4, -0.2) is 32.8 Å². The van der Waals surface area contributed by atoms with Crippen LogP contribution in [0.15, 0.2) is 29.1 Å². The van der Waals surface area contributed by atoms with Gasteiger partial charge in [0.15, 0.2) is 5.56 Å². The molecule has 0 spiro atoms. The van der Waals surface area contributed by atoms with Gasteiger partial charge in [-0.25, -0.2) is 4.79 Å². The molecule has 4 rings (SSSR count). The number of nitrogens with zero attached hydrogens (tertiary/aromatic N) is 1. The summed E-state index contributed by atoms with van der Waals surface area (Å²) in [5.74, 6) is -1.91. The molecule has 3 aromatic rings. The van der Waals surface area contributed by atoms with Gasteiger partial charge in [-0.2, -0.15) is 0 Å². The zero-order valence-electron chi connectivity index (χ0n) is 15.4. The van der Waals surface area contributed by atoms with Crippen molar-refractivity contribution >= 4 is 35.4 Å². The van der Waals surface area contributed by atoms with Crippen molar-refractivity contribution in [3.8, 4) is 17.0 Å². The molecule has 0 radical (unpaired) electrons. The highest BCUT2D eigenvalue weighted by Gasteiger charge is 2.24. The molecule has 1 aromatic carbocycles. The number of pyridine rings is 1. The molecule has 0 saturated heterocycles. The number of allylic oxidation sites excluding steroid dienone is 1. The molecular formula is C20H20ClN3O4. The lowest BCUT2D eigenvalue weighted by atomic mass is 9.98. The Hall–Kier alpha value is -3.03. The number of carbonyl (C=O) groups is 1. The lowest BCUT2D eigenvalue weighted by Crippen LogP contribution is -2.20. The number of H-pyrrole nitrogens is 1. The summed E-state index contributed by atoms with van der Waals surface area (Å²) in [6.45, 7) is 0.724. The Bertz CT molecular complexity index is 1190. The first-order valence-corrected chi connectivity index (χ1v) is 8.57. The maximum atomic E-state index is 12.3. The van der Waals surface area contributed by atoms with Gasteiger partial charge in [-0.3, -0.25) is 4.79 Å². The molecule has 1 aliphatic rings. The van der Waals surface area contributed by atoms with Crippen LogP contribution in [0.1, 0.15) is 27.2 Å². The zero-order chi connectivity index (χ0) is 19.3. The third-order valence-corrected chi connectivity index (χ3v) is 5.06. The third kappa shape index (κ3) is 2.89. The first-order valence-electron chi connectivity index (χ1n) is 8.57. The van der Waals surface area contributed by atoms with E-state index in [1.165, 1.54) is 0 Å². The first-order chi connectivity index (χ1) is 12.9. The summed E-state index contributed by atoms with van der Waals surface area (Å²) in [6, 6.07) is 6.08. The number of halogens is 1. The average Bonchev–Trinajstić information content (AvgIpc) is 2.80. The fourth-order valence-corrected chi connectivity index (χ4v) is 3.72. The van der Waals surface area contributed by atoms with E-state index in [9.17, 15) is 19.8 Å². The maximum Gasteiger partial charge on any atom is 0.345 e. The molecule has 0 bridgehead atoms. The van der Waals surface area contributed by atoms with Crippen molar-refractivity contribution in [3.63, 3.8) is 0 Å². The van der Waals surface area contributed by atoms with Gasteiger partial charge in [-0.15, -0.1) is 12.4 Å². The van der Waals surface area contributed by atoms with E-state index >= 15 is 0 Å². The van der Waals surface area contributed by atoms with Gasteiger partial charge in [0.05, 0.1) is 5.69 Å². The molecule has 28 heavy (non-hydrogen) atoms. The summed E-state index contributed by atoms with van der Waals surface area (Å²) in [6.07, 6.45) is 4.11. The average molecular weight is 402 g/mol. The summed E-state index contributed by atoms with van der Waals surface area (Å²) in [7, 11) is 3.89. The maximum absolute atomic E-state index is 12.3. The second kappa shape index (κ2) is 7.18. The van der Waals surface area contributed by atoms with E-state index in [1.807, 2.05) is 38.4 Å². The molecule has 0 saturated carbocycles. The van der Waals surface area contributed by atoms with Crippen molar-refractivity contribution in [2.75, 3.05) is 7.05 Å². The van der Waals surface area contributed by atoms with Crippen LogP contribution >= 0.6 is 12.4 Å². The Balaban J connectivity index is 0.00000225. The second-order valence-corrected chi connectivity index (χ2v) is 6.67. The largest absolute Gasteiger partial charge is 0.506 e. The minimum absolute atomic E-state index is 0. The van der Waals surface area contributed by atoms with Crippen LogP contribution in [0.2, 0.25) is 0 Å². The van der Waals surface area contributed by atoms with Crippen LogP contribution in [0, 0.1) is 0 Å². The summed E-state index contributed by atoms with van der Waals surface area (Å²) >= 11 is 0. The molecule has 146 valence electrons. The van der Waals surface area contributed by atoms with Gasteiger partial charge >= 0.3 is 5.97 Å². The molecule has 0 unspecified atom stereocenters. The summed E-state index contributed by atoms with van der Waals surface area (Å²) < 4.78 is 2.11. The molecule has 2 heterocycles. The third-order valence-electron chi connectivity index (χ3n) is 5.06. The SMILES string of the molecule is CNCc1cc2cc3c(cc2n1C)C=CCc1c-3[nH]c(=O)c(C(=O)O)c1O.Cl. The highest BCUT2D eigenvalue weighted by atomic mass is 35.5. The predicted molar refractivity (Wildman–Crippen MR) is 110 cm³/mol. The number of aromatic carboxylic acids is 1. The Kier molecular flexibility index (Phi) is 5.06. The number of aromatic amines is 1. The second-order valence-electron chi connectivity index (χ2n) is 6.67. The number of aryl methyl sites for hydroxylation is 1. The Morgan fingerprint density at radius 2 is 2.07 bits per heavy atom. The Morgan fingerprint density at radius 1 is 1.32 bits per heavy atom. The van der Waals surface area contributed by atoms with E-state index in [-0.39, 0.29) is 12.4 Å². The zero-order valence-corrected chi connectivity index (χ0v) is 16.2. The number of rotatable bonds is 3. The number of carboxylic acids is 1. The molecule has 8 heteroatoms. The van der Waals surface area contributed by atoms with E-state index in [0.29, 0.717) is 17.7 Å². The van der Waals surface area contributed by atoms with Crippen LogP contribution in [-0.2, 0) is 20.0 Å². The number of aromatic hydroxyl groups is 1. The lowest BCUT2D eigenvalue weighted by molar-refractivity contribution is 0.0691. The molecule has 0 fully saturated rings. The minimum atomic E-state index is -1.44. The normalized spacial score (nSPS) is 12.2. The number of nitrogens with one attached hydrogen (secondary N) is 2. The number of carboxylic acid groups (broad SMARTS) is 1. The highest BCUT2D eigenvalue weighted by Crippen LogP contribution is 2.37. The first kappa shape index (κ1) is 19.7. The minimum Gasteiger partial charge on any atom is -0.506 e. The van der Waals surface area contributed by atoms with E-state index in [1.54, 1.807) is 0 Å². The van der Waals surface area contributed by atoms with Crippen LogP contribution in [0.4, 0.5) is 0 Å². The lowest BCUT2D eigenvalue weighted by Gasteiger charge is -2.13. The van der Waals surface area contributed by atoms with Gasteiger partial charge in [0.25, 0.3) is 5.56 Å². The van der Waals surface area contributed by atoms with Crippen LogP contribution < -0.4 is 10.9 Å². The van der Waals surface area contributed by atoms with Gasteiger partial charge in [0.2, 0.25) is 0 Å². The number of benzene rings is 1. The summed E-state index contributed by atoms with van der Waals surface area (Å²) in [4.78, 5) is 26.3. The van der Waals surface area contributed by atoms with Crippen molar-refractivity contribution in [2.45, 2.75) is 13.0 Å². The monoisotopic (exact) mass is 401 g/mol. The van der Waals surface area contributed by atoms with Crippen molar-refractivity contribution in [1.82, 2.24) is 14.9 Å². The molecule has 1 aliphatic carbocycles. The van der Waals surface area contributed by atoms with Gasteiger partial charge in [0, 0.05) is 41.3 Å². The standard InChI is InChI=1S/C20H19N3O4.ClH/c1-21-9-12-6-11-7-14-10(8-15(11)23(12)2)4-3-5-13-17(14)22-19(25)16(18(13)24)20(26)27;/h3-4,6-8,21H,5,9H2,1-2H3,(H,26,27)(H2,22,24,25);1H. The topological polar surface area (TPSA) is 107 Å². The van der Waals surface area contributed by atoms with Crippen molar-refractivity contribution in [2.24, 2.45) is 7.05 Å². The van der Waals surface area contributed by atoms with Crippen molar-refractivity contribution in [3.05, 3.63) is 57.0 Å². The molecule has 4 N–H and O–H groups in total. The van der Waals surface area contributed by atoms with E-state index < -0.39 is 22.8 Å². The van der Waals surface area contributed by atoms with Gasteiger partial charge in [-0.1, -0.05) is 12.2 Å². The number of aromatic nitrogens is 2. The fraction of sp³-hybridized carbons (Fsp3) is 0.200. The summed E-state index contributed by atoms with van der Waals surface area (Å²) in [5.41, 5.74) is 3.28. The molecule has 2 aromatic heterocycles. The smallest absolute Gasteiger partial charge is 0.345 e. The van der Waals surface area contributed by atoms with Crippen LogP contribution in [0.3, 0.4) is 0 Å². The number of hydrogen-bond acceptors (Lipinski definition) is 4. The van der Waals surface area contributed by atoms with E-state index in [2.05, 4.69) is 20.9 Å². The number of fused-ring (bicyclic) bond motifs is 4. The van der Waals surface area contributed by atoms with Gasteiger partial charge in [-0.05, 0) is 37.2 Å². The van der Waals surface area contributed by atoms with Crippen LogP contribution in [0.25, 0.3) is 28.2 Å². The number of hydrogen-bond donors (Lipinski definition) is 4. The van der Waals surface area contributed by atoms with E-state index in [0.717, 1.165) is 34.3 Å². The van der Waals surface area contributed by atoms with Crippen LogP contribution in [0.5, 0.6) is 5.75 Å². The molecule has 0 atom stereocenters. The van der Waals surface area contributed by atoms with Gasteiger partial charge < -0.3 is 25.1 Å². The Morgan fingerprint density at radius 3 is 2.75 bits per heavy atom. The fourth-order valence-electron chi connectivity index (χ4n) is 3.72. The molecular weight excluding hydrogens is 382 g/mol. The van der Waals surface area contributed by atoms with Crippen molar-refractivity contribution in [1.29, 1.82) is 0 Å².